The van der Waals surface area contributed by atoms with E-state index in [0.717, 1.165) is 17.0 Å². The first-order valence-electron chi connectivity index (χ1n) is 6.33. The van der Waals surface area contributed by atoms with Gasteiger partial charge in [-0.15, -0.1) is 0 Å². The van der Waals surface area contributed by atoms with Crippen LogP contribution in [0, 0.1) is 13.8 Å². The Morgan fingerprint density at radius 3 is 2.58 bits per heavy atom. The molecule has 0 spiro atoms. The first-order chi connectivity index (χ1) is 8.69. The maximum atomic E-state index is 11.5. The SMILES string of the molecule is Cc1noc(C)c1CC(N)CNC(=O)OC(C)(C)C. The van der Waals surface area contributed by atoms with E-state index in [-0.39, 0.29) is 6.04 Å². The Morgan fingerprint density at radius 2 is 2.11 bits per heavy atom. The Morgan fingerprint density at radius 1 is 1.47 bits per heavy atom. The molecule has 0 saturated carbocycles. The lowest BCUT2D eigenvalue weighted by molar-refractivity contribution is 0.0524. The van der Waals surface area contributed by atoms with Crippen molar-refractivity contribution in [1.29, 1.82) is 0 Å². The van der Waals surface area contributed by atoms with E-state index in [4.69, 9.17) is 15.0 Å². The van der Waals surface area contributed by atoms with Gasteiger partial charge in [0, 0.05) is 18.2 Å². The molecular weight excluding hydrogens is 246 g/mol. The molecule has 1 rings (SSSR count). The topological polar surface area (TPSA) is 90.4 Å². The molecule has 0 aliphatic rings. The molecule has 0 aliphatic heterocycles. The Labute approximate surface area is 113 Å². The highest BCUT2D eigenvalue weighted by Crippen LogP contribution is 2.13. The van der Waals surface area contributed by atoms with Crippen molar-refractivity contribution in [2.75, 3.05) is 6.54 Å². The zero-order chi connectivity index (χ0) is 14.6. The highest BCUT2D eigenvalue weighted by Gasteiger charge is 2.18. The molecule has 0 saturated heterocycles. The van der Waals surface area contributed by atoms with Gasteiger partial charge in [-0.2, -0.15) is 0 Å². The van der Waals surface area contributed by atoms with Gasteiger partial charge in [0.1, 0.15) is 11.4 Å². The van der Waals surface area contributed by atoms with E-state index in [2.05, 4.69) is 10.5 Å². The Hall–Kier alpha value is -1.56. The van der Waals surface area contributed by atoms with Crippen LogP contribution in [0.1, 0.15) is 37.8 Å². The molecule has 0 radical (unpaired) electrons. The van der Waals surface area contributed by atoms with Crippen molar-refractivity contribution in [2.45, 2.75) is 52.7 Å². The molecular formula is C13H23N3O3. The normalized spacial score (nSPS) is 13.2. The predicted octanol–water partition coefficient (Wildman–Crippen LogP) is 1.69. The van der Waals surface area contributed by atoms with Crippen LogP contribution in [-0.2, 0) is 11.2 Å². The van der Waals surface area contributed by atoms with E-state index < -0.39 is 11.7 Å². The fourth-order valence-electron chi connectivity index (χ4n) is 1.66. The highest BCUT2D eigenvalue weighted by atomic mass is 16.6. The van der Waals surface area contributed by atoms with Gasteiger partial charge in [0.25, 0.3) is 0 Å². The zero-order valence-corrected chi connectivity index (χ0v) is 12.2. The largest absolute Gasteiger partial charge is 0.444 e. The second-order valence-electron chi connectivity index (χ2n) is 5.65. The van der Waals surface area contributed by atoms with Crippen molar-refractivity contribution in [3.05, 3.63) is 17.0 Å². The number of aromatic nitrogens is 1. The number of hydrogen-bond acceptors (Lipinski definition) is 5. The third-order valence-electron chi connectivity index (χ3n) is 2.56. The van der Waals surface area contributed by atoms with Crippen molar-refractivity contribution in [3.8, 4) is 0 Å². The van der Waals surface area contributed by atoms with Gasteiger partial charge in [0.2, 0.25) is 0 Å². The molecule has 6 heteroatoms. The number of ether oxygens (including phenoxy) is 1. The number of nitrogens with zero attached hydrogens (tertiary/aromatic N) is 1. The molecule has 1 aromatic rings. The second-order valence-corrected chi connectivity index (χ2v) is 5.65. The molecule has 1 amide bonds. The summed E-state index contributed by atoms with van der Waals surface area (Å²) in [5.41, 5.74) is 7.31. The summed E-state index contributed by atoms with van der Waals surface area (Å²) in [6.45, 7) is 9.52. The van der Waals surface area contributed by atoms with Gasteiger partial charge in [0.05, 0.1) is 5.69 Å². The summed E-state index contributed by atoms with van der Waals surface area (Å²) < 4.78 is 10.2. The lowest BCUT2D eigenvalue weighted by Gasteiger charge is -2.20. The summed E-state index contributed by atoms with van der Waals surface area (Å²) in [6, 6.07) is -0.204. The Bertz CT molecular complexity index is 415. The molecule has 0 fully saturated rings. The second kappa shape index (κ2) is 6.06. The zero-order valence-electron chi connectivity index (χ0n) is 12.2. The lowest BCUT2D eigenvalue weighted by atomic mass is 10.1. The van der Waals surface area contributed by atoms with E-state index in [1.165, 1.54) is 0 Å². The minimum atomic E-state index is -0.504. The van der Waals surface area contributed by atoms with Crippen LogP contribution < -0.4 is 11.1 Å². The fourth-order valence-corrected chi connectivity index (χ4v) is 1.66. The molecule has 1 atom stereocenters. The Kier molecular flexibility index (Phi) is 4.94. The van der Waals surface area contributed by atoms with Crippen molar-refractivity contribution < 1.29 is 14.1 Å². The number of carbonyl (C=O) groups is 1. The number of hydrogen-bond donors (Lipinski definition) is 2. The number of alkyl carbamates (subject to hydrolysis) is 1. The van der Waals surface area contributed by atoms with Gasteiger partial charge in [-0.3, -0.25) is 0 Å². The molecule has 3 N–H and O–H groups in total. The maximum absolute atomic E-state index is 11.5. The van der Waals surface area contributed by atoms with Crippen molar-refractivity contribution in [3.63, 3.8) is 0 Å². The quantitative estimate of drug-likeness (QED) is 0.868. The van der Waals surface area contributed by atoms with Crippen molar-refractivity contribution >= 4 is 6.09 Å². The minimum Gasteiger partial charge on any atom is -0.444 e. The average Bonchev–Trinajstić information content (AvgIpc) is 2.56. The van der Waals surface area contributed by atoms with Crippen LogP contribution in [0.25, 0.3) is 0 Å². The van der Waals surface area contributed by atoms with Gasteiger partial charge in [-0.1, -0.05) is 5.16 Å². The van der Waals surface area contributed by atoms with Gasteiger partial charge >= 0.3 is 6.09 Å². The third kappa shape index (κ3) is 5.30. The molecule has 6 nitrogen and oxygen atoms in total. The van der Waals surface area contributed by atoms with Crippen LogP contribution in [0.4, 0.5) is 4.79 Å². The van der Waals surface area contributed by atoms with Crippen molar-refractivity contribution in [2.24, 2.45) is 5.73 Å². The lowest BCUT2D eigenvalue weighted by Crippen LogP contribution is -2.41. The molecule has 0 aromatic carbocycles. The molecule has 108 valence electrons. The smallest absolute Gasteiger partial charge is 0.407 e. The van der Waals surface area contributed by atoms with Crippen LogP contribution in [0.5, 0.6) is 0 Å². The molecule has 0 bridgehead atoms. The third-order valence-corrected chi connectivity index (χ3v) is 2.56. The van der Waals surface area contributed by atoms with Crippen LogP contribution in [0.2, 0.25) is 0 Å². The number of aryl methyl sites for hydroxylation is 2. The van der Waals surface area contributed by atoms with Gasteiger partial charge in [-0.25, -0.2) is 4.79 Å². The van der Waals surface area contributed by atoms with Crippen molar-refractivity contribution in [1.82, 2.24) is 10.5 Å². The van der Waals surface area contributed by atoms with Crippen LogP contribution in [-0.4, -0.2) is 29.4 Å². The molecule has 0 aliphatic carbocycles. The first-order valence-corrected chi connectivity index (χ1v) is 6.33. The summed E-state index contributed by atoms with van der Waals surface area (Å²) in [5.74, 6) is 0.769. The minimum absolute atomic E-state index is 0.204. The molecule has 1 heterocycles. The number of carbonyl (C=O) groups excluding carboxylic acids is 1. The number of rotatable bonds is 4. The van der Waals surface area contributed by atoms with Gasteiger partial charge in [0.15, 0.2) is 0 Å². The Balaban J connectivity index is 2.40. The molecule has 1 unspecified atom stereocenters. The van der Waals surface area contributed by atoms with E-state index in [1.54, 1.807) is 0 Å². The van der Waals surface area contributed by atoms with Gasteiger partial charge < -0.3 is 20.3 Å². The molecule has 19 heavy (non-hydrogen) atoms. The standard InChI is InChI=1S/C13H23N3O3/c1-8-11(9(2)19-16-8)6-10(14)7-15-12(17)18-13(3,4)5/h10H,6-7,14H2,1-5H3,(H,15,17). The number of amides is 1. The predicted molar refractivity (Wildman–Crippen MR) is 71.9 cm³/mol. The van der Waals surface area contributed by atoms with Gasteiger partial charge in [-0.05, 0) is 41.0 Å². The fraction of sp³-hybridized carbons (Fsp3) is 0.692. The van der Waals surface area contributed by atoms with E-state index in [1.807, 2.05) is 34.6 Å². The summed E-state index contributed by atoms with van der Waals surface area (Å²) in [6.07, 6.45) is 0.151. The van der Waals surface area contributed by atoms with E-state index in [0.29, 0.717) is 13.0 Å². The highest BCUT2D eigenvalue weighted by molar-refractivity contribution is 5.67. The summed E-state index contributed by atoms with van der Waals surface area (Å²) >= 11 is 0. The average molecular weight is 269 g/mol. The number of nitrogens with two attached hydrogens (primary N) is 1. The van der Waals surface area contributed by atoms with Crippen LogP contribution in [0.15, 0.2) is 4.52 Å². The summed E-state index contributed by atoms with van der Waals surface area (Å²) in [7, 11) is 0. The maximum Gasteiger partial charge on any atom is 0.407 e. The monoisotopic (exact) mass is 269 g/mol. The van der Waals surface area contributed by atoms with E-state index in [9.17, 15) is 4.79 Å². The van der Waals surface area contributed by atoms with Crippen LogP contribution in [0.3, 0.4) is 0 Å². The van der Waals surface area contributed by atoms with Crippen LogP contribution >= 0.6 is 0 Å². The molecule has 1 aromatic heterocycles. The first kappa shape index (κ1) is 15.5. The number of nitrogens with one attached hydrogen (secondary N) is 1. The summed E-state index contributed by atoms with van der Waals surface area (Å²) in [4.78, 5) is 11.5. The summed E-state index contributed by atoms with van der Waals surface area (Å²) in [5, 5.41) is 6.52. The van der Waals surface area contributed by atoms with E-state index >= 15 is 0 Å².